The molecule has 0 radical (unpaired) electrons. The van der Waals surface area contributed by atoms with E-state index >= 15 is 0 Å². The third-order valence-corrected chi connectivity index (χ3v) is 4.06. The third kappa shape index (κ3) is 4.28. The molecule has 0 heterocycles. The molecule has 1 N–H and O–H groups in total. The lowest BCUT2D eigenvalue weighted by molar-refractivity contribution is -0.137. The van der Waals surface area contributed by atoms with Crippen molar-refractivity contribution in [2.24, 2.45) is 0 Å². The minimum absolute atomic E-state index is 0.288. The van der Waals surface area contributed by atoms with Crippen molar-refractivity contribution in [2.45, 2.75) is 12.7 Å². The number of nitrogens with one attached hydrogen (secondary N) is 1. The van der Waals surface area contributed by atoms with E-state index in [2.05, 4.69) is 21.2 Å². The predicted octanol–water partition coefficient (Wildman–Crippen LogP) is 6.39. The highest BCUT2D eigenvalue weighted by atomic mass is 79.9. The average molecular weight is 399 g/mol. The molecule has 0 saturated carbocycles. The maximum Gasteiger partial charge on any atom is 0.416 e. The summed E-state index contributed by atoms with van der Waals surface area (Å²) in [6, 6.07) is 8.40. The summed E-state index contributed by atoms with van der Waals surface area (Å²) in [5.74, 6) is 0. The third-order valence-electron chi connectivity index (χ3n) is 2.78. The SMILES string of the molecule is FC(F)(F)c1ccc(Br)c(NCc2ccc(Cl)cc2Cl)c1. The van der Waals surface area contributed by atoms with Gasteiger partial charge in [0.05, 0.1) is 5.56 Å². The molecule has 0 spiro atoms. The monoisotopic (exact) mass is 397 g/mol. The molecule has 21 heavy (non-hydrogen) atoms. The van der Waals surface area contributed by atoms with Gasteiger partial charge in [-0.25, -0.2) is 0 Å². The predicted molar refractivity (Wildman–Crippen MR) is 82.9 cm³/mol. The van der Waals surface area contributed by atoms with Gasteiger partial charge in [-0.15, -0.1) is 0 Å². The smallest absolute Gasteiger partial charge is 0.380 e. The van der Waals surface area contributed by atoms with Crippen LogP contribution in [-0.4, -0.2) is 0 Å². The first-order valence-electron chi connectivity index (χ1n) is 5.82. The molecule has 1 nitrogen and oxygen atoms in total. The van der Waals surface area contributed by atoms with E-state index in [-0.39, 0.29) is 6.54 Å². The van der Waals surface area contributed by atoms with Gasteiger partial charge >= 0.3 is 6.18 Å². The molecule has 2 aromatic carbocycles. The summed E-state index contributed by atoms with van der Waals surface area (Å²) in [4.78, 5) is 0. The van der Waals surface area contributed by atoms with Crippen LogP contribution in [0.2, 0.25) is 10.0 Å². The lowest BCUT2D eigenvalue weighted by atomic mass is 10.1. The molecule has 0 fully saturated rings. The topological polar surface area (TPSA) is 12.0 Å². The molecule has 0 aliphatic rings. The van der Waals surface area contributed by atoms with Gasteiger partial charge in [-0.1, -0.05) is 29.3 Å². The summed E-state index contributed by atoms with van der Waals surface area (Å²) >= 11 is 15.0. The maximum absolute atomic E-state index is 12.7. The second-order valence-electron chi connectivity index (χ2n) is 4.28. The van der Waals surface area contributed by atoms with Crippen LogP contribution in [0.1, 0.15) is 11.1 Å². The Kier molecular flexibility index (Phi) is 5.07. The zero-order valence-electron chi connectivity index (χ0n) is 10.4. The lowest BCUT2D eigenvalue weighted by Crippen LogP contribution is -2.07. The number of halogens is 6. The molecule has 0 bridgehead atoms. The Morgan fingerprint density at radius 1 is 1.05 bits per heavy atom. The molecule has 0 aliphatic heterocycles. The minimum atomic E-state index is -4.38. The fourth-order valence-electron chi connectivity index (χ4n) is 1.69. The second kappa shape index (κ2) is 6.46. The van der Waals surface area contributed by atoms with Crippen LogP contribution in [0.15, 0.2) is 40.9 Å². The van der Waals surface area contributed by atoms with Gasteiger partial charge in [-0.2, -0.15) is 13.2 Å². The summed E-state index contributed by atoms with van der Waals surface area (Å²) in [5.41, 5.74) is 0.372. The van der Waals surface area contributed by atoms with E-state index in [0.717, 1.165) is 17.7 Å². The van der Waals surface area contributed by atoms with E-state index in [1.807, 2.05) is 0 Å². The van der Waals surface area contributed by atoms with Gasteiger partial charge in [0.1, 0.15) is 0 Å². The van der Waals surface area contributed by atoms with Crippen LogP contribution in [-0.2, 0) is 12.7 Å². The van der Waals surface area contributed by atoms with Gasteiger partial charge < -0.3 is 5.32 Å². The van der Waals surface area contributed by atoms with E-state index in [1.165, 1.54) is 6.07 Å². The van der Waals surface area contributed by atoms with Crippen molar-refractivity contribution >= 4 is 44.8 Å². The largest absolute Gasteiger partial charge is 0.416 e. The summed E-state index contributed by atoms with van der Waals surface area (Å²) in [5, 5.41) is 3.89. The Morgan fingerprint density at radius 3 is 2.38 bits per heavy atom. The van der Waals surface area contributed by atoms with Crippen LogP contribution < -0.4 is 5.32 Å². The zero-order valence-corrected chi connectivity index (χ0v) is 13.5. The maximum atomic E-state index is 12.7. The number of anilines is 1. The second-order valence-corrected chi connectivity index (χ2v) is 5.98. The Balaban J connectivity index is 2.19. The lowest BCUT2D eigenvalue weighted by Gasteiger charge is -2.13. The Morgan fingerprint density at radius 2 is 1.76 bits per heavy atom. The Hall–Kier alpha value is -0.910. The van der Waals surface area contributed by atoms with Gasteiger partial charge in [0.25, 0.3) is 0 Å². The first-order chi connectivity index (χ1) is 9.77. The van der Waals surface area contributed by atoms with Crippen molar-refractivity contribution < 1.29 is 13.2 Å². The van der Waals surface area contributed by atoms with E-state index in [9.17, 15) is 13.2 Å². The van der Waals surface area contributed by atoms with Crippen LogP contribution in [0.4, 0.5) is 18.9 Å². The fraction of sp³-hybridized carbons (Fsp3) is 0.143. The van der Waals surface area contributed by atoms with Gasteiger partial charge in [0.2, 0.25) is 0 Å². The zero-order chi connectivity index (χ0) is 15.6. The molecular formula is C14H9BrCl2F3N. The fourth-order valence-corrected chi connectivity index (χ4v) is 2.55. The van der Waals surface area contributed by atoms with Crippen LogP contribution in [0.25, 0.3) is 0 Å². The molecule has 0 saturated heterocycles. The number of alkyl halides is 3. The quantitative estimate of drug-likeness (QED) is 0.631. The number of hydrogen-bond acceptors (Lipinski definition) is 1. The van der Waals surface area contributed by atoms with Crippen LogP contribution >= 0.6 is 39.1 Å². The standard InChI is InChI=1S/C14H9BrCl2F3N/c15-11-4-2-9(14(18,19)20)5-13(11)21-7-8-1-3-10(16)6-12(8)17/h1-6,21H,7H2. The minimum Gasteiger partial charge on any atom is -0.380 e. The van der Waals surface area contributed by atoms with Crippen molar-refractivity contribution in [1.29, 1.82) is 0 Å². The average Bonchev–Trinajstić information content (AvgIpc) is 2.38. The molecule has 0 unspecified atom stereocenters. The molecule has 0 atom stereocenters. The Bertz CT molecular complexity index is 659. The highest BCUT2D eigenvalue weighted by Gasteiger charge is 2.30. The summed E-state index contributed by atoms with van der Waals surface area (Å²) in [7, 11) is 0. The van der Waals surface area contributed by atoms with Crippen molar-refractivity contribution in [3.05, 3.63) is 62.0 Å². The number of benzene rings is 2. The molecule has 0 aromatic heterocycles. The van der Waals surface area contributed by atoms with Gasteiger partial charge in [0.15, 0.2) is 0 Å². The van der Waals surface area contributed by atoms with Crippen molar-refractivity contribution in [3.8, 4) is 0 Å². The molecule has 2 aromatic rings. The summed E-state index contributed by atoms with van der Waals surface area (Å²) in [6.07, 6.45) is -4.38. The van der Waals surface area contributed by atoms with Crippen LogP contribution in [0.5, 0.6) is 0 Å². The van der Waals surface area contributed by atoms with Crippen LogP contribution in [0, 0.1) is 0 Å². The van der Waals surface area contributed by atoms with Crippen molar-refractivity contribution in [1.82, 2.24) is 0 Å². The normalized spacial score (nSPS) is 11.5. The van der Waals surface area contributed by atoms with E-state index in [4.69, 9.17) is 23.2 Å². The van der Waals surface area contributed by atoms with Crippen molar-refractivity contribution in [2.75, 3.05) is 5.32 Å². The van der Waals surface area contributed by atoms with Gasteiger partial charge in [-0.3, -0.25) is 0 Å². The summed E-state index contributed by atoms with van der Waals surface area (Å²) < 4.78 is 38.6. The van der Waals surface area contributed by atoms with Crippen LogP contribution in [0.3, 0.4) is 0 Å². The first-order valence-corrected chi connectivity index (χ1v) is 7.37. The van der Waals surface area contributed by atoms with E-state index in [0.29, 0.717) is 20.2 Å². The number of rotatable bonds is 3. The van der Waals surface area contributed by atoms with E-state index < -0.39 is 11.7 Å². The molecule has 7 heteroatoms. The highest BCUT2D eigenvalue weighted by Crippen LogP contribution is 2.34. The van der Waals surface area contributed by atoms with Gasteiger partial charge in [0, 0.05) is 26.8 Å². The summed E-state index contributed by atoms with van der Waals surface area (Å²) in [6.45, 7) is 0.288. The highest BCUT2D eigenvalue weighted by molar-refractivity contribution is 9.10. The number of hydrogen-bond donors (Lipinski definition) is 1. The van der Waals surface area contributed by atoms with Crippen molar-refractivity contribution in [3.63, 3.8) is 0 Å². The molecule has 0 amide bonds. The molecule has 2 rings (SSSR count). The molecule has 112 valence electrons. The van der Waals surface area contributed by atoms with Gasteiger partial charge in [-0.05, 0) is 51.8 Å². The van der Waals surface area contributed by atoms with E-state index in [1.54, 1.807) is 18.2 Å². The first kappa shape index (κ1) is 16.5. The molecular weight excluding hydrogens is 390 g/mol. The molecule has 0 aliphatic carbocycles. The Labute approximate surface area is 138 Å².